The molecule has 4 amide bonds. The van der Waals surface area contributed by atoms with Crippen LogP contribution in [-0.2, 0) is 24.0 Å². The SMILES string of the molecule is CC(C)C(NC(=O)C(CCC(N)=O)NC(=O)C1CCCN1)C(=O)NC(CS)C(=O)O. The molecule has 1 heterocycles. The van der Waals surface area contributed by atoms with Gasteiger partial charge in [0.2, 0.25) is 23.6 Å². The maximum absolute atomic E-state index is 12.8. The molecule has 0 aromatic heterocycles. The Morgan fingerprint density at radius 3 is 2.23 bits per heavy atom. The lowest BCUT2D eigenvalue weighted by molar-refractivity contribution is -0.142. The minimum absolute atomic E-state index is 0.0273. The van der Waals surface area contributed by atoms with Gasteiger partial charge in [-0.3, -0.25) is 19.2 Å². The molecular formula is C18H31N5O6S. The van der Waals surface area contributed by atoms with Crippen LogP contribution in [-0.4, -0.2) is 71.2 Å². The molecule has 0 radical (unpaired) electrons. The lowest BCUT2D eigenvalue weighted by atomic mass is 10.0. The number of amides is 4. The summed E-state index contributed by atoms with van der Waals surface area (Å²) in [5.74, 6) is -4.08. The average molecular weight is 446 g/mol. The van der Waals surface area contributed by atoms with E-state index in [-0.39, 0.29) is 30.4 Å². The van der Waals surface area contributed by atoms with Crippen LogP contribution < -0.4 is 27.0 Å². The highest BCUT2D eigenvalue weighted by atomic mass is 32.1. The van der Waals surface area contributed by atoms with Gasteiger partial charge in [-0.05, 0) is 31.7 Å². The van der Waals surface area contributed by atoms with E-state index in [1.807, 2.05) is 0 Å². The second kappa shape index (κ2) is 12.4. The summed E-state index contributed by atoms with van der Waals surface area (Å²) in [5, 5.41) is 19.6. The highest BCUT2D eigenvalue weighted by Crippen LogP contribution is 2.08. The van der Waals surface area contributed by atoms with Crippen LogP contribution in [0.15, 0.2) is 0 Å². The Labute approximate surface area is 180 Å². The number of hydrogen-bond acceptors (Lipinski definition) is 7. The molecule has 4 atom stereocenters. The molecule has 1 aliphatic heterocycles. The number of nitrogens with one attached hydrogen (secondary N) is 4. The molecule has 0 spiro atoms. The molecule has 1 aliphatic rings. The molecule has 4 unspecified atom stereocenters. The Bertz CT molecular complexity index is 653. The van der Waals surface area contributed by atoms with Crippen LogP contribution in [0, 0.1) is 5.92 Å². The maximum Gasteiger partial charge on any atom is 0.327 e. The molecule has 30 heavy (non-hydrogen) atoms. The maximum atomic E-state index is 12.8. The van der Waals surface area contributed by atoms with Gasteiger partial charge in [-0.1, -0.05) is 13.8 Å². The summed E-state index contributed by atoms with van der Waals surface area (Å²) >= 11 is 3.90. The molecule has 11 nitrogen and oxygen atoms in total. The molecule has 0 aromatic carbocycles. The van der Waals surface area contributed by atoms with E-state index in [2.05, 4.69) is 33.9 Å². The second-order valence-electron chi connectivity index (χ2n) is 7.53. The Balaban J connectivity index is 2.87. The standard InChI is InChI=1S/C18H31N5O6S/c1-9(2)14(17(27)22-12(8-30)18(28)29)23-16(26)11(5-6-13(19)24)21-15(25)10-4-3-7-20-10/h9-12,14,20,30H,3-8H2,1-2H3,(H2,19,24)(H,21,25)(H,22,27)(H,23,26)(H,28,29). The zero-order valence-electron chi connectivity index (χ0n) is 17.1. The average Bonchev–Trinajstić information content (AvgIpc) is 3.21. The molecule has 1 saturated heterocycles. The van der Waals surface area contributed by atoms with Gasteiger partial charge in [-0.15, -0.1) is 0 Å². The Morgan fingerprint density at radius 2 is 1.77 bits per heavy atom. The van der Waals surface area contributed by atoms with Crippen LogP contribution in [0.2, 0.25) is 0 Å². The van der Waals surface area contributed by atoms with E-state index >= 15 is 0 Å². The highest BCUT2D eigenvalue weighted by Gasteiger charge is 2.32. The first-order chi connectivity index (χ1) is 14.1. The summed E-state index contributed by atoms with van der Waals surface area (Å²) in [5.41, 5.74) is 5.17. The van der Waals surface area contributed by atoms with Crippen LogP contribution >= 0.6 is 12.6 Å². The van der Waals surface area contributed by atoms with Crippen LogP contribution in [0.5, 0.6) is 0 Å². The number of rotatable bonds is 12. The molecule has 0 saturated carbocycles. The van der Waals surface area contributed by atoms with Crippen molar-refractivity contribution in [2.24, 2.45) is 11.7 Å². The summed E-state index contributed by atoms with van der Waals surface area (Å²) in [6, 6.07) is -3.75. The molecule has 1 fully saturated rings. The molecular weight excluding hydrogens is 414 g/mol. The van der Waals surface area contributed by atoms with Crippen molar-refractivity contribution >= 4 is 42.2 Å². The van der Waals surface area contributed by atoms with Crippen LogP contribution in [0.1, 0.15) is 39.5 Å². The molecule has 0 aromatic rings. The van der Waals surface area contributed by atoms with Gasteiger partial charge in [0, 0.05) is 12.2 Å². The van der Waals surface area contributed by atoms with Gasteiger partial charge in [0.1, 0.15) is 18.1 Å². The summed E-state index contributed by atoms with van der Waals surface area (Å²) in [4.78, 5) is 60.0. The smallest absolute Gasteiger partial charge is 0.327 e. The Kier molecular flexibility index (Phi) is 10.6. The number of carboxylic acid groups (broad SMARTS) is 1. The predicted molar refractivity (Wildman–Crippen MR) is 112 cm³/mol. The van der Waals surface area contributed by atoms with Crippen molar-refractivity contribution in [3.8, 4) is 0 Å². The van der Waals surface area contributed by atoms with Crippen molar-refractivity contribution in [3.63, 3.8) is 0 Å². The van der Waals surface area contributed by atoms with Crippen molar-refractivity contribution in [2.75, 3.05) is 12.3 Å². The predicted octanol–water partition coefficient (Wildman–Crippen LogP) is -1.87. The topological polar surface area (TPSA) is 180 Å². The zero-order valence-corrected chi connectivity index (χ0v) is 18.0. The molecule has 170 valence electrons. The monoisotopic (exact) mass is 445 g/mol. The molecule has 0 bridgehead atoms. The molecule has 12 heteroatoms. The van der Waals surface area contributed by atoms with Gasteiger partial charge in [0.25, 0.3) is 0 Å². The van der Waals surface area contributed by atoms with E-state index in [1.165, 1.54) is 0 Å². The van der Waals surface area contributed by atoms with Crippen molar-refractivity contribution in [1.29, 1.82) is 0 Å². The lowest BCUT2D eigenvalue weighted by Gasteiger charge is -2.26. The minimum atomic E-state index is -1.25. The normalized spacial score (nSPS) is 18.9. The van der Waals surface area contributed by atoms with E-state index in [4.69, 9.17) is 10.8 Å². The van der Waals surface area contributed by atoms with E-state index < -0.39 is 47.9 Å². The first-order valence-corrected chi connectivity index (χ1v) is 10.5. The Hall–Kier alpha value is -2.34. The van der Waals surface area contributed by atoms with Gasteiger partial charge in [-0.25, -0.2) is 4.79 Å². The third-order valence-corrected chi connectivity index (χ3v) is 5.10. The molecule has 0 aliphatic carbocycles. The number of nitrogens with two attached hydrogens (primary N) is 1. The van der Waals surface area contributed by atoms with E-state index in [1.54, 1.807) is 13.8 Å². The highest BCUT2D eigenvalue weighted by molar-refractivity contribution is 7.80. The van der Waals surface area contributed by atoms with Crippen molar-refractivity contribution in [1.82, 2.24) is 21.3 Å². The second-order valence-corrected chi connectivity index (χ2v) is 7.89. The van der Waals surface area contributed by atoms with E-state index in [0.29, 0.717) is 13.0 Å². The number of thiol groups is 1. The summed E-state index contributed by atoms with van der Waals surface area (Å²) < 4.78 is 0. The quantitative estimate of drug-likeness (QED) is 0.172. The number of hydrogen-bond donors (Lipinski definition) is 7. The summed E-state index contributed by atoms with van der Waals surface area (Å²) in [6.07, 6.45) is 1.31. The van der Waals surface area contributed by atoms with Gasteiger partial charge < -0.3 is 32.1 Å². The number of carbonyl (C=O) groups excluding carboxylic acids is 4. The summed E-state index contributed by atoms with van der Waals surface area (Å²) in [7, 11) is 0. The van der Waals surface area contributed by atoms with E-state index in [0.717, 1.165) is 6.42 Å². The fourth-order valence-electron chi connectivity index (χ4n) is 2.97. The Morgan fingerprint density at radius 1 is 1.10 bits per heavy atom. The third kappa shape index (κ3) is 8.19. The number of aliphatic carboxylic acids is 1. The summed E-state index contributed by atoms with van der Waals surface area (Å²) in [6.45, 7) is 4.06. The number of carbonyl (C=O) groups is 5. The minimum Gasteiger partial charge on any atom is -0.480 e. The number of primary amides is 1. The lowest BCUT2D eigenvalue weighted by Crippen LogP contribution is -2.58. The van der Waals surface area contributed by atoms with Crippen molar-refractivity contribution < 1.29 is 29.1 Å². The first kappa shape index (κ1) is 25.7. The largest absolute Gasteiger partial charge is 0.480 e. The van der Waals surface area contributed by atoms with E-state index in [9.17, 15) is 24.0 Å². The van der Waals surface area contributed by atoms with Gasteiger partial charge >= 0.3 is 5.97 Å². The molecule has 1 rings (SSSR count). The van der Waals surface area contributed by atoms with Crippen molar-refractivity contribution in [3.05, 3.63) is 0 Å². The van der Waals surface area contributed by atoms with Crippen LogP contribution in [0.3, 0.4) is 0 Å². The number of carboxylic acids is 1. The molecule has 7 N–H and O–H groups in total. The third-order valence-electron chi connectivity index (χ3n) is 4.73. The van der Waals surface area contributed by atoms with Crippen LogP contribution in [0.4, 0.5) is 0 Å². The fourth-order valence-corrected chi connectivity index (χ4v) is 3.22. The first-order valence-electron chi connectivity index (χ1n) is 9.83. The zero-order chi connectivity index (χ0) is 22.8. The van der Waals surface area contributed by atoms with Crippen molar-refractivity contribution in [2.45, 2.75) is 63.7 Å². The van der Waals surface area contributed by atoms with Gasteiger partial charge in [0.15, 0.2) is 0 Å². The van der Waals surface area contributed by atoms with Crippen LogP contribution in [0.25, 0.3) is 0 Å². The van der Waals surface area contributed by atoms with Gasteiger partial charge in [-0.2, -0.15) is 12.6 Å². The fraction of sp³-hybridized carbons (Fsp3) is 0.722. The van der Waals surface area contributed by atoms with Gasteiger partial charge in [0.05, 0.1) is 6.04 Å².